The van der Waals surface area contributed by atoms with E-state index in [4.69, 9.17) is 9.47 Å². The topological polar surface area (TPSA) is 52.6 Å². The summed E-state index contributed by atoms with van der Waals surface area (Å²) in [5.41, 5.74) is 1.50. The Morgan fingerprint density at radius 1 is 1.03 bits per heavy atom. The van der Waals surface area contributed by atoms with E-state index in [1.807, 2.05) is 0 Å². The molecule has 3 unspecified atom stereocenters. The zero-order valence-electron chi connectivity index (χ0n) is 21.8. The highest BCUT2D eigenvalue weighted by Gasteiger charge is 2.69. The molecule has 3 saturated carbocycles. The van der Waals surface area contributed by atoms with Gasteiger partial charge in [-0.25, -0.2) is 4.79 Å². The number of ether oxygens (including phenoxy) is 2. The molecule has 1 heterocycles. The van der Waals surface area contributed by atoms with Crippen molar-refractivity contribution >= 4 is 11.8 Å². The average molecular weight is 457 g/mol. The smallest absolute Gasteiger partial charge is 0.335 e. The van der Waals surface area contributed by atoms with Crippen LogP contribution in [0.5, 0.6) is 0 Å². The van der Waals surface area contributed by atoms with Crippen molar-refractivity contribution in [3.8, 4) is 0 Å². The zero-order chi connectivity index (χ0) is 24.0. The third kappa shape index (κ3) is 2.91. The fraction of sp³-hybridized carbons (Fsp3) is 0.862. The summed E-state index contributed by atoms with van der Waals surface area (Å²) in [6.45, 7) is 15.1. The quantitative estimate of drug-likeness (QED) is 0.455. The molecule has 0 aromatic heterocycles. The number of rotatable bonds is 1. The number of fused-ring (bicyclic) bond motifs is 7. The first-order valence-electron chi connectivity index (χ1n) is 13.4. The third-order valence-electron chi connectivity index (χ3n) is 12.2. The van der Waals surface area contributed by atoms with E-state index < -0.39 is 6.10 Å². The predicted octanol–water partition coefficient (Wildman–Crippen LogP) is 5.98. The van der Waals surface area contributed by atoms with Crippen molar-refractivity contribution in [1.29, 1.82) is 0 Å². The van der Waals surface area contributed by atoms with Crippen LogP contribution in [0.1, 0.15) is 86.5 Å². The standard InChI is InChI=1S/C29H44O4/c1-17-8-10-26(3)12-13-28(5)20(22(26)18(17)2)16-21(30)24-27(4)14-15-33-23(25(31)32-7)19(27)9-11-29(24,28)6/h16-19,22-24H,8-15H2,1-7H3/t17-,18+,19?,22?,23-,24?,26-,27+,28-,29-/m1/s1. The molecule has 184 valence electrons. The van der Waals surface area contributed by atoms with Gasteiger partial charge in [-0.05, 0) is 90.4 Å². The van der Waals surface area contributed by atoms with E-state index in [9.17, 15) is 9.59 Å². The molecule has 10 atom stereocenters. The molecule has 4 heteroatoms. The van der Waals surface area contributed by atoms with E-state index in [2.05, 4.69) is 47.6 Å². The van der Waals surface area contributed by atoms with Crippen molar-refractivity contribution in [2.45, 2.75) is 92.6 Å². The number of carbonyl (C=O) groups is 2. The highest BCUT2D eigenvalue weighted by molar-refractivity contribution is 5.96. The molecule has 1 saturated heterocycles. The summed E-state index contributed by atoms with van der Waals surface area (Å²) < 4.78 is 11.1. The average Bonchev–Trinajstić information content (AvgIpc) is 2.76. The number of hydrogen-bond donors (Lipinski definition) is 0. The molecule has 4 aliphatic carbocycles. The monoisotopic (exact) mass is 456 g/mol. The lowest BCUT2D eigenvalue weighted by Crippen LogP contribution is -2.66. The number of esters is 1. The molecule has 1 aliphatic heterocycles. The van der Waals surface area contributed by atoms with Gasteiger partial charge in [-0.15, -0.1) is 0 Å². The molecule has 5 aliphatic rings. The molecule has 0 amide bonds. The Hall–Kier alpha value is -1.16. The van der Waals surface area contributed by atoms with Crippen molar-refractivity contribution in [3.63, 3.8) is 0 Å². The molecule has 33 heavy (non-hydrogen) atoms. The Balaban J connectivity index is 1.61. The minimum Gasteiger partial charge on any atom is -0.467 e. The number of allylic oxidation sites excluding steroid dienone is 2. The SMILES string of the molecule is COC(=O)[C@@H]1OCC[C@@]2(C)C1CC[C@]1(C)C2C(=O)C=C2C3[C@@H](C)[C@H](C)CC[C@]3(C)CC[C@]21C. The molecule has 0 radical (unpaired) electrons. The lowest BCUT2D eigenvalue weighted by Gasteiger charge is -2.69. The maximum absolute atomic E-state index is 14.2. The van der Waals surface area contributed by atoms with Crippen LogP contribution >= 0.6 is 0 Å². The molecule has 0 bridgehead atoms. The lowest BCUT2D eigenvalue weighted by molar-refractivity contribution is -0.211. The van der Waals surface area contributed by atoms with Gasteiger partial charge in [0.15, 0.2) is 11.9 Å². The van der Waals surface area contributed by atoms with E-state index in [1.54, 1.807) is 0 Å². The van der Waals surface area contributed by atoms with Crippen molar-refractivity contribution in [2.75, 3.05) is 13.7 Å². The molecule has 4 fully saturated rings. The van der Waals surface area contributed by atoms with E-state index >= 15 is 0 Å². The van der Waals surface area contributed by atoms with Crippen LogP contribution in [0.25, 0.3) is 0 Å². The van der Waals surface area contributed by atoms with Crippen molar-refractivity contribution in [2.24, 2.45) is 51.2 Å². The molecule has 4 nitrogen and oxygen atoms in total. The fourth-order valence-electron chi connectivity index (χ4n) is 9.80. The summed E-state index contributed by atoms with van der Waals surface area (Å²) >= 11 is 0. The maximum atomic E-state index is 14.2. The minimum atomic E-state index is -0.543. The van der Waals surface area contributed by atoms with E-state index in [-0.39, 0.29) is 34.1 Å². The van der Waals surface area contributed by atoms with Gasteiger partial charge in [0.1, 0.15) is 0 Å². The Morgan fingerprint density at radius 2 is 1.76 bits per heavy atom. The van der Waals surface area contributed by atoms with Gasteiger partial charge in [0, 0.05) is 18.4 Å². The fourth-order valence-corrected chi connectivity index (χ4v) is 9.80. The van der Waals surface area contributed by atoms with Gasteiger partial charge in [0.2, 0.25) is 0 Å². The number of methoxy groups -OCH3 is 1. The molecule has 0 spiro atoms. The van der Waals surface area contributed by atoms with Gasteiger partial charge < -0.3 is 9.47 Å². The number of carbonyl (C=O) groups excluding carboxylic acids is 2. The Labute approximate surface area is 200 Å². The van der Waals surface area contributed by atoms with Crippen molar-refractivity contribution in [3.05, 3.63) is 11.6 Å². The van der Waals surface area contributed by atoms with Gasteiger partial charge in [0.25, 0.3) is 0 Å². The number of ketones is 1. The summed E-state index contributed by atoms with van der Waals surface area (Å²) in [7, 11) is 1.44. The third-order valence-corrected chi connectivity index (χ3v) is 12.2. The van der Waals surface area contributed by atoms with Gasteiger partial charge >= 0.3 is 5.97 Å². The van der Waals surface area contributed by atoms with E-state index in [0.717, 1.165) is 19.3 Å². The van der Waals surface area contributed by atoms with Crippen LogP contribution in [0, 0.1) is 51.2 Å². The van der Waals surface area contributed by atoms with Crippen LogP contribution in [0.4, 0.5) is 0 Å². The minimum absolute atomic E-state index is 0.0358. The van der Waals surface area contributed by atoms with Crippen LogP contribution < -0.4 is 0 Å². The zero-order valence-corrected chi connectivity index (χ0v) is 21.8. The number of hydrogen-bond acceptors (Lipinski definition) is 4. The van der Waals surface area contributed by atoms with Crippen LogP contribution in [0.2, 0.25) is 0 Å². The van der Waals surface area contributed by atoms with Crippen LogP contribution in [0.3, 0.4) is 0 Å². The summed E-state index contributed by atoms with van der Waals surface area (Å²) in [4.78, 5) is 26.8. The molecule has 0 aromatic rings. The molecule has 0 aromatic carbocycles. The first-order valence-corrected chi connectivity index (χ1v) is 13.4. The Kier molecular flexibility index (Phi) is 5.30. The first kappa shape index (κ1) is 23.6. The second-order valence-corrected chi connectivity index (χ2v) is 13.4. The molecule has 0 N–H and O–H groups in total. The Morgan fingerprint density at radius 3 is 2.45 bits per heavy atom. The normalized spacial score (nSPS) is 53.7. The lowest BCUT2D eigenvalue weighted by atomic mass is 9.35. The summed E-state index contributed by atoms with van der Waals surface area (Å²) in [5.74, 6) is 1.84. The van der Waals surface area contributed by atoms with Gasteiger partial charge in [0.05, 0.1) is 7.11 Å². The first-order chi connectivity index (χ1) is 15.4. The van der Waals surface area contributed by atoms with Crippen molar-refractivity contribution < 1.29 is 19.1 Å². The van der Waals surface area contributed by atoms with Crippen LogP contribution in [-0.2, 0) is 19.1 Å². The second kappa shape index (κ2) is 7.42. The molecular weight excluding hydrogens is 412 g/mol. The molecule has 5 rings (SSSR count). The highest BCUT2D eigenvalue weighted by Crippen LogP contribution is 2.73. The van der Waals surface area contributed by atoms with Gasteiger partial charge in [-0.1, -0.05) is 47.1 Å². The summed E-state index contributed by atoms with van der Waals surface area (Å²) in [5, 5.41) is 0. The second-order valence-electron chi connectivity index (χ2n) is 13.4. The summed E-state index contributed by atoms with van der Waals surface area (Å²) in [6, 6.07) is 0. The van der Waals surface area contributed by atoms with Crippen LogP contribution in [-0.4, -0.2) is 31.6 Å². The molecular formula is C29H44O4. The predicted molar refractivity (Wildman–Crippen MR) is 128 cm³/mol. The largest absolute Gasteiger partial charge is 0.467 e. The van der Waals surface area contributed by atoms with E-state index in [1.165, 1.54) is 38.4 Å². The van der Waals surface area contributed by atoms with Crippen LogP contribution in [0.15, 0.2) is 11.6 Å². The van der Waals surface area contributed by atoms with E-state index in [0.29, 0.717) is 35.6 Å². The maximum Gasteiger partial charge on any atom is 0.335 e. The van der Waals surface area contributed by atoms with Gasteiger partial charge in [-0.3, -0.25) is 4.79 Å². The van der Waals surface area contributed by atoms with Crippen molar-refractivity contribution in [1.82, 2.24) is 0 Å². The highest BCUT2D eigenvalue weighted by atomic mass is 16.6. The Bertz CT molecular complexity index is 892. The van der Waals surface area contributed by atoms with Gasteiger partial charge in [-0.2, -0.15) is 0 Å². The summed E-state index contributed by atoms with van der Waals surface area (Å²) in [6.07, 6.45) is 9.33.